The Hall–Kier alpha value is -3.76. The summed E-state index contributed by atoms with van der Waals surface area (Å²) in [5.41, 5.74) is -4.22. The molecule has 1 heterocycles. The Balaban J connectivity index is 2.22. The van der Waals surface area contributed by atoms with Crippen molar-refractivity contribution in [1.82, 2.24) is 19.7 Å². The SMILES string of the molecule is CCNC(=O)c1nn(-c2ccccc2F)c(=O)n(Cc2cccc(C(F)(F)F)c2)c1=O. The van der Waals surface area contributed by atoms with Crippen molar-refractivity contribution in [2.24, 2.45) is 0 Å². The highest BCUT2D eigenvalue weighted by Crippen LogP contribution is 2.29. The lowest BCUT2D eigenvalue weighted by atomic mass is 10.1. The van der Waals surface area contributed by atoms with E-state index in [-0.39, 0.29) is 17.8 Å². The predicted molar refractivity (Wildman–Crippen MR) is 103 cm³/mol. The van der Waals surface area contributed by atoms with Gasteiger partial charge >= 0.3 is 11.9 Å². The second-order valence-electron chi connectivity index (χ2n) is 6.44. The summed E-state index contributed by atoms with van der Waals surface area (Å²) in [6.07, 6.45) is -4.63. The number of hydrogen-bond acceptors (Lipinski definition) is 4. The maximum absolute atomic E-state index is 14.3. The van der Waals surface area contributed by atoms with Crippen LogP contribution in [-0.2, 0) is 12.7 Å². The first-order chi connectivity index (χ1) is 14.6. The number of benzene rings is 2. The average molecular weight is 436 g/mol. The van der Waals surface area contributed by atoms with Crippen LogP contribution < -0.4 is 16.6 Å². The molecular weight excluding hydrogens is 420 g/mol. The minimum absolute atomic E-state index is 0.0119. The predicted octanol–water partition coefficient (Wildman–Crippen LogP) is 2.35. The molecule has 1 N–H and O–H groups in total. The second-order valence-corrected chi connectivity index (χ2v) is 6.44. The van der Waals surface area contributed by atoms with E-state index in [1.165, 1.54) is 24.3 Å². The summed E-state index contributed by atoms with van der Waals surface area (Å²) < 4.78 is 54.4. The van der Waals surface area contributed by atoms with Gasteiger partial charge in [-0.1, -0.05) is 24.3 Å². The number of nitrogens with one attached hydrogen (secondary N) is 1. The molecule has 2 aromatic carbocycles. The fraction of sp³-hybridized carbons (Fsp3) is 0.200. The van der Waals surface area contributed by atoms with E-state index in [1.54, 1.807) is 6.92 Å². The molecule has 0 saturated heterocycles. The van der Waals surface area contributed by atoms with Crippen LogP contribution in [0.2, 0.25) is 0 Å². The maximum atomic E-state index is 14.3. The molecule has 31 heavy (non-hydrogen) atoms. The standard InChI is InChI=1S/C20H16F4N4O3/c1-2-25-17(29)16-18(30)27(11-12-6-5-7-13(10-12)20(22,23)24)19(31)28(26-16)15-9-4-3-8-14(15)21/h3-10H,2,11H2,1H3,(H,25,29). The molecule has 0 saturated carbocycles. The monoisotopic (exact) mass is 436 g/mol. The maximum Gasteiger partial charge on any atom is 0.416 e. The average Bonchev–Trinajstić information content (AvgIpc) is 2.72. The van der Waals surface area contributed by atoms with Crippen LogP contribution in [0, 0.1) is 5.82 Å². The molecule has 0 fully saturated rings. The van der Waals surface area contributed by atoms with Crippen LogP contribution >= 0.6 is 0 Å². The summed E-state index contributed by atoms with van der Waals surface area (Å²) in [6.45, 7) is 1.16. The van der Waals surface area contributed by atoms with Gasteiger partial charge in [0.2, 0.25) is 5.69 Å². The number of carbonyl (C=O) groups excluding carboxylic acids is 1. The molecular formula is C20H16F4N4O3. The normalized spacial score (nSPS) is 11.4. The van der Waals surface area contributed by atoms with Crippen molar-refractivity contribution in [3.05, 3.63) is 92.0 Å². The zero-order valence-corrected chi connectivity index (χ0v) is 16.1. The highest BCUT2D eigenvalue weighted by Gasteiger charge is 2.30. The molecule has 0 unspecified atom stereocenters. The molecule has 0 bridgehead atoms. The first kappa shape index (κ1) is 21.9. The van der Waals surface area contributed by atoms with Crippen molar-refractivity contribution >= 4 is 5.91 Å². The van der Waals surface area contributed by atoms with E-state index < -0.39 is 47.0 Å². The van der Waals surface area contributed by atoms with Gasteiger partial charge in [0, 0.05) is 6.54 Å². The molecule has 7 nitrogen and oxygen atoms in total. The number of halogens is 4. The van der Waals surface area contributed by atoms with Crippen molar-refractivity contribution < 1.29 is 22.4 Å². The Kier molecular flexibility index (Phi) is 6.04. The summed E-state index contributed by atoms with van der Waals surface area (Å²) >= 11 is 0. The highest BCUT2D eigenvalue weighted by atomic mass is 19.4. The largest absolute Gasteiger partial charge is 0.416 e. The summed E-state index contributed by atoms with van der Waals surface area (Å²) in [7, 11) is 0. The first-order valence-corrected chi connectivity index (χ1v) is 9.07. The quantitative estimate of drug-likeness (QED) is 0.623. The van der Waals surface area contributed by atoms with E-state index in [4.69, 9.17) is 0 Å². The first-order valence-electron chi connectivity index (χ1n) is 9.07. The summed E-state index contributed by atoms with van der Waals surface area (Å²) in [5, 5.41) is 6.08. The van der Waals surface area contributed by atoms with E-state index in [0.29, 0.717) is 9.25 Å². The lowest BCUT2D eigenvalue weighted by Gasteiger charge is -2.13. The molecule has 162 valence electrons. The molecule has 0 spiro atoms. The fourth-order valence-corrected chi connectivity index (χ4v) is 2.85. The van der Waals surface area contributed by atoms with Gasteiger partial charge in [0.25, 0.3) is 11.5 Å². The van der Waals surface area contributed by atoms with Crippen LogP contribution in [0.3, 0.4) is 0 Å². The summed E-state index contributed by atoms with van der Waals surface area (Å²) in [6, 6.07) is 9.10. The van der Waals surface area contributed by atoms with E-state index in [9.17, 15) is 31.9 Å². The van der Waals surface area contributed by atoms with Gasteiger partial charge in [-0.15, -0.1) is 0 Å². The van der Waals surface area contributed by atoms with Crippen LogP contribution in [0.5, 0.6) is 0 Å². The van der Waals surface area contributed by atoms with Crippen molar-refractivity contribution in [2.45, 2.75) is 19.6 Å². The lowest BCUT2D eigenvalue weighted by molar-refractivity contribution is -0.137. The molecule has 3 rings (SSSR count). The smallest absolute Gasteiger partial charge is 0.351 e. The van der Waals surface area contributed by atoms with Gasteiger partial charge in [-0.3, -0.25) is 14.2 Å². The van der Waals surface area contributed by atoms with Gasteiger partial charge in [0.1, 0.15) is 11.5 Å². The van der Waals surface area contributed by atoms with Crippen LogP contribution in [0.1, 0.15) is 28.5 Å². The summed E-state index contributed by atoms with van der Waals surface area (Å²) in [5.74, 6) is -1.75. The van der Waals surface area contributed by atoms with Gasteiger partial charge in [-0.2, -0.15) is 23.0 Å². The zero-order valence-electron chi connectivity index (χ0n) is 16.1. The van der Waals surface area contributed by atoms with Crippen molar-refractivity contribution in [1.29, 1.82) is 0 Å². The molecule has 0 atom stereocenters. The zero-order chi connectivity index (χ0) is 22.8. The number of amides is 1. The third-order valence-electron chi connectivity index (χ3n) is 4.29. The number of aromatic nitrogens is 3. The van der Waals surface area contributed by atoms with Crippen LogP contribution in [0.4, 0.5) is 17.6 Å². The van der Waals surface area contributed by atoms with Crippen molar-refractivity contribution in [3.8, 4) is 5.69 Å². The van der Waals surface area contributed by atoms with Gasteiger partial charge in [-0.05, 0) is 36.8 Å². The Morgan fingerprint density at radius 2 is 1.81 bits per heavy atom. The minimum Gasteiger partial charge on any atom is -0.351 e. The Labute approximate surface area is 172 Å². The van der Waals surface area contributed by atoms with E-state index in [2.05, 4.69) is 10.4 Å². The molecule has 0 radical (unpaired) electrons. The second kappa shape index (κ2) is 8.54. The molecule has 1 aromatic heterocycles. The topological polar surface area (TPSA) is 86.0 Å². The third kappa shape index (κ3) is 4.55. The van der Waals surface area contributed by atoms with Crippen LogP contribution in [0.25, 0.3) is 5.69 Å². The van der Waals surface area contributed by atoms with Gasteiger partial charge < -0.3 is 5.32 Å². The van der Waals surface area contributed by atoms with Gasteiger partial charge in [0.15, 0.2) is 0 Å². The number of carbonyl (C=O) groups is 1. The minimum atomic E-state index is -4.63. The van der Waals surface area contributed by atoms with Gasteiger partial charge in [0.05, 0.1) is 12.1 Å². The fourth-order valence-electron chi connectivity index (χ4n) is 2.85. The van der Waals surface area contributed by atoms with Crippen LogP contribution in [0.15, 0.2) is 58.1 Å². The number of alkyl halides is 3. The molecule has 0 aliphatic carbocycles. The number of hydrogen-bond donors (Lipinski definition) is 1. The molecule has 11 heteroatoms. The number of nitrogens with zero attached hydrogens (tertiary/aromatic N) is 3. The lowest BCUT2D eigenvalue weighted by Crippen LogP contribution is -2.46. The third-order valence-corrected chi connectivity index (χ3v) is 4.29. The summed E-state index contributed by atoms with van der Waals surface area (Å²) in [4.78, 5) is 38.0. The van der Waals surface area contributed by atoms with Crippen molar-refractivity contribution in [2.75, 3.05) is 6.54 Å². The molecule has 3 aromatic rings. The highest BCUT2D eigenvalue weighted by molar-refractivity contribution is 5.91. The number of para-hydroxylation sites is 1. The van der Waals surface area contributed by atoms with Crippen molar-refractivity contribution in [3.63, 3.8) is 0 Å². The number of rotatable bonds is 5. The molecule has 0 aliphatic heterocycles. The van der Waals surface area contributed by atoms with Gasteiger partial charge in [-0.25, -0.2) is 9.18 Å². The van der Waals surface area contributed by atoms with Crippen LogP contribution in [-0.4, -0.2) is 26.8 Å². The molecule has 1 amide bonds. The Morgan fingerprint density at radius 3 is 2.45 bits per heavy atom. The Morgan fingerprint density at radius 1 is 1.10 bits per heavy atom. The van der Waals surface area contributed by atoms with E-state index >= 15 is 0 Å². The van der Waals surface area contributed by atoms with E-state index in [0.717, 1.165) is 24.3 Å². The molecule has 0 aliphatic rings. The Bertz CT molecular complexity index is 1250. The van der Waals surface area contributed by atoms with E-state index in [1.807, 2.05) is 0 Å².